The van der Waals surface area contributed by atoms with Crippen LogP contribution in [0.15, 0.2) is 34.9 Å². The smallest absolute Gasteiger partial charge is 0.183 e. The number of thiazole rings is 1. The SMILES string of the molecule is CNc1ccc(-c2cc(Br)cc3nc(NC)sc23)cn1. The van der Waals surface area contributed by atoms with Gasteiger partial charge in [0, 0.05) is 35.9 Å². The zero-order valence-corrected chi connectivity index (χ0v) is 13.5. The summed E-state index contributed by atoms with van der Waals surface area (Å²) in [5.41, 5.74) is 3.21. The monoisotopic (exact) mass is 348 g/mol. The van der Waals surface area contributed by atoms with Crippen molar-refractivity contribution in [3.8, 4) is 11.1 Å². The van der Waals surface area contributed by atoms with Gasteiger partial charge in [0.1, 0.15) is 5.82 Å². The Morgan fingerprint density at radius 2 is 2.00 bits per heavy atom. The number of benzene rings is 1. The van der Waals surface area contributed by atoms with Gasteiger partial charge >= 0.3 is 0 Å². The topological polar surface area (TPSA) is 49.8 Å². The largest absolute Gasteiger partial charge is 0.373 e. The number of aromatic nitrogens is 2. The van der Waals surface area contributed by atoms with E-state index in [2.05, 4.69) is 48.7 Å². The molecular formula is C14H13BrN4S. The molecule has 0 amide bonds. The number of rotatable bonds is 3. The summed E-state index contributed by atoms with van der Waals surface area (Å²) in [5.74, 6) is 0.861. The highest BCUT2D eigenvalue weighted by Gasteiger charge is 2.11. The fraction of sp³-hybridized carbons (Fsp3) is 0.143. The van der Waals surface area contributed by atoms with E-state index in [0.29, 0.717) is 0 Å². The molecular weight excluding hydrogens is 336 g/mol. The number of hydrogen-bond donors (Lipinski definition) is 2. The lowest BCUT2D eigenvalue weighted by atomic mass is 10.1. The third-order valence-electron chi connectivity index (χ3n) is 3.00. The van der Waals surface area contributed by atoms with Crippen molar-refractivity contribution in [2.24, 2.45) is 0 Å². The fourth-order valence-corrected chi connectivity index (χ4v) is 3.40. The Kier molecular flexibility index (Phi) is 3.58. The summed E-state index contributed by atoms with van der Waals surface area (Å²) in [4.78, 5) is 8.94. The molecule has 1 aromatic carbocycles. The first-order chi connectivity index (χ1) is 9.71. The average Bonchev–Trinajstić information content (AvgIpc) is 2.89. The Hall–Kier alpha value is -1.66. The van der Waals surface area contributed by atoms with E-state index < -0.39 is 0 Å². The van der Waals surface area contributed by atoms with E-state index in [9.17, 15) is 0 Å². The number of fused-ring (bicyclic) bond motifs is 1. The maximum absolute atomic E-state index is 4.56. The number of nitrogens with zero attached hydrogens (tertiary/aromatic N) is 2. The summed E-state index contributed by atoms with van der Waals surface area (Å²) >= 11 is 5.20. The van der Waals surface area contributed by atoms with E-state index >= 15 is 0 Å². The molecule has 0 aliphatic heterocycles. The Labute approximate surface area is 129 Å². The van der Waals surface area contributed by atoms with Gasteiger partial charge < -0.3 is 10.6 Å². The van der Waals surface area contributed by atoms with Gasteiger partial charge in [0.2, 0.25) is 0 Å². The van der Waals surface area contributed by atoms with Crippen molar-refractivity contribution in [2.75, 3.05) is 24.7 Å². The van der Waals surface area contributed by atoms with E-state index in [-0.39, 0.29) is 0 Å². The zero-order chi connectivity index (χ0) is 14.1. The molecule has 0 aliphatic rings. The highest BCUT2D eigenvalue weighted by Crippen LogP contribution is 2.37. The van der Waals surface area contributed by atoms with Gasteiger partial charge in [0.25, 0.3) is 0 Å². The minimum Gasteiger partial charge on any atom is -0.373 e. The molecule has 0 fully saturated rings. The van der Waals surface area contributed by atoms with Crippen LogP contribution in [0.5, 0.6) is 0 Å². The van der Waals surface area contributed by atoms with Crippen molar-refractivity contribution < 1.29 is 0 Å². The lowest BCUT2D eigenvalue weighted by Crippen LogP contribution is -1.91. The number of hydrogen-bond acceptors (Lipinski definition) is 5. The van der Waals surface area contributed by atoms with Crippen LogP contribution in [0.4, 0.5) is 10.9 Å². The molecule has 6 heteroatoms. The third kappa shape index (κ3) is 2.36. The summed E-state index contributed by atoms with van der Waals surface area (Å²) in [6, 6.07) is 8.18. The first kappa shape index (κ1) is 13.3. The molecule has 2 heterocycles. The Balaban J connectivity index is 2.20. The predicted molar refractivity (Wildman–Crippen MR) is 89.6 cm³/mol. The summed E-state index contributed by atoms with van der Waals surface area (Å²) in [5, 5.41) is 7.04. The van der Waals surface area contributed by atoms with Gasteiger partial charge in [-0.3, -0.25) is 0 Å². The van der Waals surface area contributed by atoms with E-state index in [1.54, 1.807) is 11.3 Å². The van der Waals surface area contributed by atoms with Gasteiger partial charge in [0.15, 0.2) is 5.13 Å². The molecule has 3 rings (SSSR count). The van der Waals surface area contributed by atoms with Crippen molar-refractivity contribution in [1.29, 1.82) is 0 Å². The van der Waals surface area contributed by atoms with Gasteiger partial charge in [0.05, 0.1) is 10.2 Å². The minimum absolute atomic E-state index is 0.861. The Bertz CT molecular complexity index is 752. The highest BCUT2D eigenvalue weighted by molar-refractivity contribution is 9.10. The zero-order valence-electron chi connectivity index (χ0n) is 11.1. The molecule has 2 N–H and O–H groups in total. The summed E-state index contributed by atoms with van der Waals surface area (Å²) in [6.45, 7) is 0. The normalized spacial score (nSPS) is 10.8. The predicted octanol–water partition coefficient (Wildman–Crippen LogP) is 4.20. The maximum atomic E-state index is 4.56. The molecule has 2 aromatic heterocycles. The van der Waals surface area contributed by atoms with Crippen molar-refractivity contribution in [1.82, 2.24) is 9.97 Å². The number of halogens is 1. The van der Waals surface area contributed by atoms with Gasteiger partial charge in [-0.05, 0) is 24.3 Å². The molecule has 3 aromatic rings. The Morgan fingerprint density at radius 1 is 1.15 bits per heavy atom. The van der Waals surface area contributed by atoms with Gasteiger partial charge in [-0.1, -0.05) is 27.3 Å². The van der Waals surface area contributed by atoms with E-state index in [4.69, 9.17) is 0 Å². The second-order valence-corrected chi connectivity index (χ2v) is 6.17. The fourth-order valence-electron chi connectivity index (χ4n) is 2.02. The maximum Gasteiger partial charge on any atom is 0.183 e. The van der Waals surface area contributed by atoms with Crippen LogP contribution in [0.1, 0.15) is 0 Å². The summed E-state index contributed by atoms with van der Waals surface area (Å²) < 4.78 is 2.18. The first-order valence-corrected chi connectivity index (χ1v) is 7.74. The molecule has 0 atom stereocenters. The third-order valence-corrected chi connectivity index (χ3v) is 4.58. The van der Waals surface area contributed by atoms with E-state index in [1.165, 1.54) is 0 Å². The first-order valence-electron chi connectivity index (χ1n) is 6.13. The molecule has 0 aliphatic carbocycles. The van der Waals surface area contributed by atoms with Crippen molar-refractivity contribution in [3.05, 3.63) is 34.9 Å². The van der Waals surface area contributed by atoms with Crippen LogP contribution in [-0.4, -0.2) is 24.1 Å². The number of anilines is 2. The number of pyridine rings is 1. The van der Waals surface area contributed by atoms with Crippen molar-refractivity contribution in [2.45, 2.75) is 0 Å². The van der Waals surface area contributed by atoms with Crippen LogP contribution in [0.25, 0.3) is 21.3 Å². The lowest BCUT2D eigenvalue weighted by Gasteiger charge is -2.05. The average molecular weight is 349 g/mol. The highest BCUT2D eigenvalue weighted by atomic mass is 79.9. The molecule has 0 spiro atoms. The summed E-state index contributed by atoms with van der Waals surface area (Å²) in [7, 11) is 3.75. The number of nitrogens with one attached hydrogen (secondary N) is 2. The van der Waals surface area contributed by atoms with Crippen molar-refractivity contribution in [3.63, 3.8) is 0 Å². The van der Waals surface area contributed by atoms with Crippen LogP contribution in [-0.2, 0) is 0 Å². The second-order valence-electron chi connectivity index (χ2n) is 4.25. The standard InChI is InChI=1S/C14H13BrN4S/c1-16-12-4-3-8(7-18-12)10-5-9(15)6-11-13(10)20-14(17-2)19-11/h3-7H,1-2H3,(H,16,18)(H,17,19). The molecule has 0 bridgehead atoms. The van der Waals surface area contributed by atoms with Gasteiger partial charge in [-0.2, -0.15) is 0 Å². The molecule has 102 valence electrons. The second kappa shape index (κ2) is 5.38. The molecule has 20 heavy (non-hydrogen) atoms. The quantitative estimate of drug-likeness (QED) is 0.744. The van der Waals surface area contributed by atoms with Crippen LogP contribution < -0.4 is 10.6 Å². The van der Waals surface area contributed by atoms with E-state index in [1.807, 2.05) is 32.4 Å². The van der Waals surface area contributed by atoms with E-state index in [0.717, 1.165) is 36.8 Å². The van der Waals surface area contributed by atoms with Gasteiger partial charge in [-0.25, -0.2) is 9.97 Å². The van der Waals surface area contributed by atoms with Crippen LogP contribution >= 0.6 is 27.3 Å². The molecule has 0 saturated carbocycles. The molecule has 0 radical (unpaired) electrons. The van der Waals surface area contributed by atoms with Crippen LogP contribution in [0, 0.1) is 0 Å². The minimum atomic E-state index is 0.861. The molecule has 4 nitrogen and oxygen atoms in total. The van der Waals surface area contributed by atoms with Gasteiger partial charge in [-0.15, -0.1) is 0 Å². The molecule has 0 saturated heterocycles. The van der Waals surface area contributed by atoms with Crippen LogP contribution in [0.3, 0.4) is 0 Å². The summed E-state index contributed by atoms with van der Waals surface area (Å²) in [6.07, 6.45) is 1.88. The Morgan fingerprint density at radius 3 is 2.65 bits per heavy atom. The lowest BCUT2D eigenvalue weighted by molar-refractivity contribution is 1.29. The van der Waals surface area contributed by atoms with Crippen molar-refractivity contribution >= 4 is 48.4 Å². The van der Waals surface area contributed by atoms with Crippen LogP contribution in [0.2, 0.25) is 0 Å². The molecule has 0 unspecified atom stereocenters.